The van der Waals surface area contributed by atoms with Gasteiger partial charge in [-0.2, -0.15) is 18.2 Å². The summed E-state index contributed by atoms with van der Waals surface area (Å²) in [6.45, 7) is 2.71. The summed E-state index contributed by atoms with van der Waals surface area (Å²) in [5, 5.41) is 2.94. The SMILES string of the molecule is CN(C)c1cc(C(F)(F)F)nc(NCC(c2ccc(F)cc2)N2CCOCC2)n1. The minimum absolute atomic E-state index is 0.108. The van der Waals surface area contributed by atoms with Crippen molar-refractivity contribution in [3.8, 4) is 0 Å². The van der Waals surface area contributed by atoms with Crippen LogP contribution in [0, 0.1) is 5.82 Å². The van der Waals surface area contributed by atoms with Crippen LogP contribution >= 0.6 is 0 Å². The summed E-state index contributed by atoms with van der Waals surface area (Å²) in [6, 6.07) is 6.80. The molecule has 0 spiro atoms. The molecule has 2 aromatic rings. The standard InChI is InChI=1S/C19H23F4N5O/c1-27(2)17-11-16(19(21,22)23)25-18(26-17)24-12-15(28-7-9-29-10-8-28)13-3-5-14(20)6-4-13/h3-6,11,15H,7-10,12H2,1-2H3,(H,24,25,26). The second kappa shape index (κ2) is 8.91. The summed E-state index contributed by atoms with van der Waals surface area (Å²) in [6.07, 6.45) is -4.58. The predicted octanol–water partition coefficient (Wildman–Crippen LogP) is 3.19. The smallest absolute Gasteiger partial charge is 0.379 e. The Hall–Kier alpha value is -2.46. The molecule has 158 valence electrons. The van der Waals surface area contributed by atoms with Gasteiger partial charge in [-0.25, -0.2) is 9.37 Å². The average molecular weight is 413 g/mol. The molecule has 0 saturated carbocycles. The molecule has 1 aliphatic heterocycles. The third-order valence-corrected chi connectivity index (χ3v) is 4.66. The first kappa shape index (κ1) is 21.3. The summed E-state index contributed by atoms with van der Waals surface area (Å²) in [5.41, 5.74) is -0.163. The van der Waals surface area contributed by atoms with Crippen molar-refractivity contribution in [3.63, 3.8) is 0 Å². The van der Waals surface area contributed by atoms with E-state index in [9.17, 15) is 17.6 Å². The van der Waals surface area contributed by atoms with E-state index >= 15 is 0 Å². The van der Waals surface area contributed by atoms with Gasteiger partial charge in [0.05, 0.1) is 19.3 Å². The van der Waals surface area contributed by atoms with E-state index in [-0.39, 0.29) is 30.2 Å². The van der Waals surface area contributed by atoms with E-state index in [1.165, 1.54) is 17.0 Å². The predicted molar refractivity (Wildman–Crippen MR) is 101 cm³/mol. The molecule has 0 radical (unpaired) electrons. The maximum absolute atomic E-state index is 13.3. The van der Waals surface area contributed by atoms with Gasteiger partial charge in [0.25, 0.3) is 0 Å². The lowest BCUT2D eigenvalue weighted by molar-refractivity contribution is -0.141. The number of nitrogens with zero attached hydrogens (tertiary/aromatic N) is 4. The van der Waals surface area contributed by atoms with Gasteiger partial charge in [0, 0.05) is 39.8 Å². The normalized spacial score (nSPS) is 16.5. The largest absolute Gasteiger partial charge is 0.433 e. The number of benzene rings is 1. The van der Waals surface area contributed by atoms with Crippen molar-refractivity contribution >= 4 is 11.8 Å². The van der Waals surface area contributed by atoms with Gasteiger partial charge >= 0.3 is 6.18 Å². The number of halogens is 4. The van der Waals surface area contributed by atoms with Crippen molar-refractivity contribution in [3.05, 3.63) is 47.4 Å². The molecule has 6 nitrogen and oxygen atoms in total. The van der Waals surface area contributed by atoms with Crippen molar-refractivity contribution in [2.75, 3.05) is 57.2 Å². The molecule has 1 aromatic heterocycles. The van der Waals surface area contributed by atoms with E-state index in [0.29, 0.717) is 26.3 Å². The van der Waals surface area contributed by atoms with E-state index in [0.717, 1.165) is 11.6 Å². The molecule has 1 atom stereocenters. The molecular weight excluding hydrogens is 390 g/mol. The topological polar surface area (TPSA) is 53.5 Å². The number of morpholine rings is 1. The molecule has 1 saturated heterocycles. The fourth-order valence-corrected chi connectivity index (χ4v) is 3.11. The molecule has 1 N–H and O–H groups in total. The Labute approximate surface area is 166 Å². The van der Waals surface area contributed by atoms with Gasteiger partial charge in [-0.15, -0.1) is 0 Å². The molecule has 1 unspecified atom stereocenters. The molecule has 29 heavy (non-hydrogen) atoms. The number of anilines is 2. The number of ether oxygens (including phenoxy) is 1. The van der Waals surface area contributed by atoms with Crippen molar-refractivity contribution in [1.29, 1.82) is 0 Å². The summed E-state index contributed by atoms with van der Waals surface area (Å²) < 4.78 is 58.4. The van der Waals surface area contributed by atoms with E-state index in [1.807, 2.05) is 0 Å². The molecule has 1 fully saturated rings. The minimum atomic E-state index is -4.58. The van der Waals surface area contributed by atoms with Crippen molar-refractivity contribution in [2.45, 2.75) is 12.2 Å². The Morgan fingerprint density at radius 1 is 1.14 bits per heavy atom. The summed E-state index contributed by atoms with van der Waals surface area (Å²) in [5.74, 6) is -0.303. The first-order chi connectivity index (χ1) is 13.7. The van der Waals surface area contributed by atoms with Gasteiger partial charge < -0.3 is 15.0 Å². The van der Waals surface area contributed by atoms with Gasteiger partial charge in [0.1, 0.15) is 11.6 Å². The minimum Gasteiger partial charge on any atom is -0.379 e. The Morgan fingerprint density at radius 2 is 1.79 bits per heavy atom. The Kier molecular flexibility index (Phi) is 6.53. The van der Waals surface area contributed by atoms with E-state index in [2.05, 4.69) is 20.2 Å². The molecule has 0 amide bonds. The van der Waals surface area contributed by atoms with Crippen LogP contribution in [0.2, 0.25) is 0 Å². The van der Waals surface area contributed by atoms with Crippen LogP contribution < -0.4 is 10.2 Å². The van der Waals surface area contributed by atoms with Gasteiger partial charge in [-0.1, -0.05) is 12.1 Å². The zero-order chi connectivity index (χ0) is 21.0. The number of aromatic nitrogens is 2. The molecule has 1 aliphatic rings. The van der Waals surface area contributed by atoms with E-state index < -0.39 is 11.9 Å². The van der Waals surface area contributed by atoms with Gasteiger partial charge in [-0.3, -0.25) is 4.90 Å². The third-order valence-electron chi connectivity index (χ3n) is 4.66. The number of hydrogen-bond acceptors (Lipinski definition) is 6. The monoisotopic (exact) mass is 413 g/mol. The number of nitrogens with one attached hydrogen (secondary N) is 1. The number of rotatable bonds is 6. The van der Waals surface area contributed by atoms with Crippen molar-refractivity contribution < 1.29 is 22.3 Å². The lowest BCUT2D eigenvalue weighted by Crippen LogP contribution is -2.41. The lowest BCUT2D eigenvalue weighted by atomic mass is 10.0. The average Bonchev–Trinajstić information content (AvgIpc) is 2.69. The maximum atomic E-state index is 13.3. The Morgan fingerprint density at radius 3 is 2.38 bits per heavy atom. The van der Waals surface area contributed by atoms with Crippen LogP contribution in [0.3, 0.4) is 0 Å². The quantitative estimate of drug-likeness (QED) is 0.735. The van der Waals surface area contributed by atoms with Crippen LogP contribution in [0.5, 0.6) is 0 Å². The zero-order valence-corrected chi connectivity index (χ0v) is 16.2. The van der Waals surface area contributed by atoms with Crippen LogP contribution in [-0.4, -0.2) is 61.8 Å². The Balaban J connectivity index is 1.84. The molecule has 0 bridgehead atoms. The van der Waals surface area contributed by atoms with Crippen molar-refractivity contribution in [1.82, 2.24) is 14.9 Å². The van der Waals surface area contributed by atoms with E-state index in [1.54, 1.807) is 26.2 Å². The molecule has 1 aromatic carbocycles. The Bertz CT molecular complexity index is 807. The first-order valence-corrected chi connectivity index (χ1v) is 9.19. The van der Waals surface area contributed by atoms with Gasteiger partial charge in [0.2, 0.25) is 5.95 Å². The van der Waals surface area contributed by atoms with Crippen LogP contribution in [-0.2, 0) is 10.9 Å². The van der Waals surface area contributed by atoms with Crippen LogP contribution in [0.1, 0.15) is 17.3 Å². The maximum Gasteiger partial charge on any atom is 0.433 e. The second-order valence-electron chi connectivity index (χ2n) is 6.92. The third kappa shape index (κ3) is 5.54. The highest BCUT2D eigenvalue weighted by Gasteiger charge is 2.34. The van der Waals surface area contributed by atoms with Crippen molar-refractivity contribution in [2.24, 2.45) is 0 Å². The molecule has 2 heterocycles. The second-order valence-corrected chi connectivity index (χ2v) is 6.92. The highest BCUT2D eigenvalue weighted by molar-refractivity contribution is 5.44. The van der Waals surface area contributed by atoms with Gasteiger partial charge in [-0.05, 0) is 17.7 Å². The molecule has 0 aliphatic carbocycles. The fourth-order valence-electron chi connectivity index (χ4n) is 3.11. The highest BCUT2D eigenvalue weighted by Crippen LogP contribution is 2.30. The van der Waals surface area contributed by atoms with Crippen LogP contribution in [0.15, 0.2) is 30.3 Å². The summed E-state index contributed by atoms with van der Waals surface area (Å²) >= 11 is 0. The summed E-state index contributed by atoms with van der Waals surface area (Å²) in [7, 11) is 3.22. The number of alkyl halides is 3. The van der Waals surface area contributed by atoms with Crippen LogP contribution in [0.4, 0.5) is 29.3 Å². The number of hydrogen-bond donors (Lipinski definition) is 1. The van der Waals surface area contributed by atoms with E-state index in [4.69, 9.17) is 4.74 Å². The lowest BCUT2D eigenvalue weighted by Gasteiger charge is -2.35. The molecular formula is C19H23F4N5O. The zero-order valence-electron chi connectivity index (χ0n) is 16.2. The molecule has 3 rings (SSSR count). The highest BCUT2D eigenvalue weighted by atomic mass is 19.4. The van der Waals surface area contributed by atoms with Gasteiger partial charge in [0.15, 0.2) is 5.69 Å². The molecule has 10 heteroatoms. The fraction of sp³-hybridized carbons (Fsp3) is 0.474. The first-order valence-electron chi connectivity index (χ1n) is 9.19. The summed E-state index contributed by atoms with van der Waals surface area (Å²) in [4.78, 5) is 11.4. The van der Waals surface area contributed by atoms with Crippen LogP contribution in [0.25, 0.3) is 0 Å².